The third kappa shape index (κ3) is 1.48. The maximum Gasteiger partial charge on any atom is 0.407 e. The zero-order chi connectivity index (χ0) is 9.69. The highest BCUT2D eigenvalue weighted by molar-refractivity contribution is 7.82. The number of hydrogen-bond donors (Lipinski definition) is 0. The molecule has 5 nitrogen and oxygen atoms in total. The van der Waals surface area contributed by atoms with Gasteiger partial charge in [-0.05, 0) is 19.4 Å². The van der Waals surface area contributed by atoms with E-state index in [0.717, 1.165) is 13.0 Å². The Kier molecular flexibility index (Phi) is 1.92. The minimum atomic E-state index is -3.69. The van der Waals surface area contributed by atoms with Gasteiger partial charge < -0.3 is 0 Å². The first-order valence-corrected chi connectivity index (χ1v) is 5.64. The second kappa shape index (κ2) is 2.66. The molecule has 2 saturated heterocycles. The van der Waals surface area contributed by atoms with Crippen LogP contribution in [0.15, 0.2) is 0 Å². The number of hydrogen-bond acceptors (Lipinski definition) is 5. The monoisotopic (exact) mass is 207 g/mol. The van der Waals surface area contributed by atoms with Crippen molar-refractivity contribution in [1.82, 2.24) is 4.90 Å². The van der Waals surface area contributed by atoms with Crippen LogP contribution in [0.25, 0.3) is 0 Å². The number of rotatable bonds is 0. The van der Waals surface area contributed by atoms with Crippen LogP contribution in [-0.4, -0.2) is 32.8 Å². The highest BCUT2D eigenvalue weighted by Gasteiger charge is 2.57. The molecule has 0 aliphatic carbocycles. The van der Waals surface area contributed by atoms with Crippen LogP contribution in [-0.2, 0) is 18.8 Å². The molecule has 0 amide bonds. The molecule has 0 aromatic rings. The Morgan fingerprint density at radius 2 is 2.08 bits per heavy atom. The standard InChI is InChI=1S/C7H13NO4S/c1-6-3-4-8(2)7(5-6)11-13(9,10)12-7/h6H,3-5H2,1-2H3. The van der Waals surface area contributed by atoms with Gasteiger partial charge in [0.1, 0.15) is 0 Å². The largest absolute Gasteiger partial charge is 0.407 e. The van der Waals surface area contributed by atoms with Crippen LogP contribution in [0, 0.1) is 5.92 Å². The molecule has 2 fully saturated rings. The lowest BCUT2D eigenvalue weighted by Gasteiger charge is -2.49. The molecule has 0 radical (unpaired) electrons. The first-order chi connectivity index (χ1) is 5.94. The highest BCUT2D eigenvalue weighted by atomic mass is 32.3. The van der Waals surface area contributed by atoms with E-state index in [0.29, 0.717) is 12.3 Å². The van der Waals surface area contributed by atoms with Crippen LogP contribution in [0.4, 0.5) is 0 Å². The molecule has 6 heteroatoms. The summed E-state index contributed by atoms with van der Waals surface area (Å²) >= 11 is 0. The number of likely N-dealkylation sites (tertiary alicyclic amines) is 1. The van der Waals surface area contributed by atoms with Crippen molar-refractivity contribution in [3.63, 3.8) is 0 Å². The zero-order valence-electron chi connectivity index (χ0n) is 7.69. The van der Waals surface area contributed by atoms with Crippen molar-refractivity contribution in [2.24, 2.45) is 5.92 Å². The van der Waals surface area contributed by atoms with Crippen molar-refractivity contribution in [3.8, 4) is 0 Å². The Morgan fingerprint density at radius 1 is 1.46 bits per heavy atom. The molecule has 76 valence electrons. The van der Waals surface area contributed by atoms with Crippen LogP contribution in [0.1, 0.15) is 19.8 Å². The molecule has 1 unspecified atom stereocenters. The van der Waals surface area contributed by atoms with Crippen LogP contribution >= 0.6 is 0 Å². The molecule has 1 atom stereocenters. The van der Waals surface area contributed by atoms with Gasteiger partial charge in [0, 0.05) is 13.0 Å². The van der Waals surface area contributed by atoms with Gasteiger partial charge in [-0.1, -0.05) is 6.92 Å². The van der Waals surface area contributed by atoms with E-state index in [-0.39, 0.29) is 0 Å². The van der Waals surface area contributed by atoms with E-state index in [2.05, 4.69) is 6.92 Å². The molecule has 0 saturated carbocycles. The summed E-state index contributed by atoms with van der Waals surface area (Å²) < 4.78 is 31.1. The van der Waals surface area contributed by atoms with Crippen molar-refractivity contribution in [1.29, 1.82) is 0 Å². The maximum absolute atomic E-state index is 10.7. The lowest BCUT2D eigenvalue weighted by molar-refractivity contribution is -0.294. The summed E-state index contributed by atoms with van der Waals surface area (Å²) in [5, 5.41) is 0. The molecule has 2 aliphatic heterocycles. The second-order valence-corrected chi connectivity index (χ2v) is 4.96. The summed E-state index contributed by atoms with van der Waals surface area (Å²) in [5.74, 6) is -0.553. The third-order valence-electron chi connectivity index (χ3n) is 2.61. The normalized spacial score (nSPS) is 37.2. The molecule has 2 aliphatic rings. The van der Waals surface area contributed by atoms with Gasteiger partial charge in [0.25, 0.3) is 5.91 Å². The summed E-state index contributed by atoms with van der Waals surface area (Å²) in [7, 11) is -1.88. The fourth-order valence-corrected chi connectivity index (χ4v) is 2.84. The smallest absolute Gasteiger partial charge is 0.253 e. The van der Waals surface area contributed by atoms with Gasteiger partial charge in [-0.3, -0.25) is 4.90 Å². The predicted molar refractivity (Wildman–Crippen MR) is 44.8 cm³/mol. The van der Waals surface area contributed by atoms with Crippen LogP contribution in [0.2, 0.25) is 0 Å². The SMILES string of the molecule is CC1CCN(C)C2(C1)OS(=O)(=O)O2. The zero-order valence-corrected chi connectivity index (χ0v) is 8.50. The molecular weight excluding hydrogens is 194 g/mol. The minimum Gasteiger partial charge on any atom is -0.253 e. The molecule has 1 spiro atoms. The quantitative estimate of drug-likeness (QED) is 0.571. The van der Waals surface area contributed by atoms with Crippen molar-refractivity contribution < 1.29 is 16.8 Å². The highest BCUT2D eigenvalue weighted by Crippen LogP contribution is 2.42. The summed E-state index contributed by atoms with van der Waals surface area (Å²) in [4.78, 5) is 1.80. The summed E-state index contributed by atoms with van der Waals surface area (Å²) in [6.45, 7) is 2.86. The van der Waals surface area contributed by atoms with Gasteiger partial charge in [0.2, 0.25) is 0 Å². The van der Waals surface area contributed by atoms with Crippen molar-refractivity contribution >= 4 is 10.4 Å². The second-order valence-electron chi connectivity index (χ2n) is 3.81. The Hall–Kier alpha value is -0.170. The van der Waals surface area contributed by atoms with Crippen molar-refractivity contribution in [2.75, 3.05) is 13.6 Å². The first kappa shape index (κ1) is 9.39. The fraction of sp³-hybridized carbons (Fsp3) is 1.00. The molecule has 13 heavy (non-hydrogen) atoms. The molecule has 0 bridgehead atoms. The van der Waals surface area contributed by atoms with Crippen molar-refractivity contribution in [3.05, 3.63) is 0 Å². The Morgan fingerprint density at radius 3 is 2.62 bits per heavy atom. The van der Waals surface area contributed by atoms with Gasteiger partial charge >= 0.3 is 10.4 Å². The van der Waals surface area contributed by atoms with E-state index >= 15 is 0 Å². The van der Waals surface area contributed by atoms with E-state index in [1.807, 2.05) is 0 Å². The van der Waals surface area contributed by atoms with Crippen molar-refractivity contribution in [2.45, 2.75) is 25.7 Å². The van der Waals surface area contributed by atoms with E-state index in [9.17, 15) is 8.42 Å². The predicted octanol–water partition coefficient (Wildman–Crippen LogP) is 0.294. The molecular formula is C7H13NO4S. The summed E-state index contributed by atoms with van der Waals surface area (Å²) in [5.41, 5.74) is 0. The Balaban J connectivity index is 2.14. The third-order valence-corrected chi connectivity index (χ3v) is 3.54. The Labute approximate surface area is 77.9 Å². The van der Waals surface area contributed by atoms with E-state index < -0.39 is 16.3 Å². The average Bonchev–Trinajstić information content (AvgIpc) is 1.93. The van der Waals surface area contributed by atoms with E-state index in [1.165, 1.54) is 0 Å². The van der Waals surface area contributed by atoms with Gasteiger partial charge in [-0.15, -0.1) is 0 Å². The van der Waals surface area contributed by atoms with Crippen LogP contribution < -0.4 is 0 Å². The minimum absolute atomic E-state index is 0.437. The number of nitrogens with zero attached hydrogens (tertiary/aromatic N) is 1. The van der Waals surface area contributed by atoms with Gasteiger partial charge in [0.05, 0.1) is 0 Å². The lowest BCUT2D eigenvalue weighted by atomic mass is 9.96. The molecule has 0 N–H and O–H groups in total. The van der Waals surface area contributed by atoms with Gasteiger partial charge in [-0.25, -0.2) is 0 Å². The average molecular weight is 207 g/mol. The van der Waals surface area contributed by atoms with Gasteiger partial charge in [-0.2, -0.15) is 16.8 Å². The topological polar surface area (TPSA) is 55.8 Å². The summed E-state index contributed by atoms with van der Waals surface area (Å²) in [6.07, 6.45) is 1.66. The lowest BCUT2D eigenvalue weighted by Crippen LogP contribution is -2.63. The van der Waals surface area contributed by atoms with E-state index in [4.69, 9.17) is 8.37 Å². The van der Waals surface area contributed by atoms with E-state index in [1.54, 1.807) is 11.9 Å². The Bertz CT molecular complexity index is 300. The van der Waals surface area contributed by atoms with Crippen LogP contribution in [0.5, 0.6) is 0 Å². The van der Waals surface area contributed by atoms with Crippen LogP contribution in [0.3, 0.4) is 0 Å². The molecule has 0 aromatic carbocycles. The maximum atomic E-state index is 10.7. The molecule has 2 heterocycles. The summed E-state index contributed by atoms with van der Waals surface area (Å²) in [6, 6.07) is 0. The molecule has 0 aromatic heterocycles. The fourth-order valence-electron chi connectivity index (χ4n) is 1.80. The van der Waals surface area contributed by atoms with Gasteiger partial charge in [0.15, 0.2) is 0 Å². The number of piperidine rings is 1. The first-order valence-electron chi connectivity index (χ1n) is 4.31. The molecule has 2 rings (SSSR count).